The zero-order valence-electron chi connectivity index (χ0n) is 15.7. The van der Waals surface area contributed by atoms with Gasteiger partial charge in [-0.1, -0.05) is 12.1 Å². The topological polar surface area (TPSA) is 75.4 Å². The van der Waals surface area contributed by atoms with Crippen LogP contribution < -0.4 is 4.90 Å². The van der Waals surface area contributed by atoms with Crippen LogP contribution in [-0.2, 0) is 0 Å². The van der Waals surface area contributed by atoms with Crippen LogP contribution in [0, 0.1) is 0 Å². The van der Waals surface area contributed by atoms with Gasteiger partial charge < -0.3 is 14.2 Å². The van der Waals surface area contributed by atoms with Gasteiger partial charge in [0.25, 0.3) is 5.91 Å². The largest absolute Gasteiger partial charge is 0.472 e. The molecule has 7 heteroatoms. The number of nitrogens with zero attached hydrogens (tertiary/aromatic N) is 5. The van der Waals surface area contributed by atoms with E-state index < -0.39 is 0 Å². The standard InChI is InChI=1S/C22H19N5O2/c28-22(17-7-13-29-15-17)27-11-9-26(10-12-27)21-18-5-1-2-6-19(18)24-20(25-21)16-4-3-8-23-14-16/h1-8,13-15H,9-12H2. The van der Waals surface area contributed by atoms with Crippen LogP contribution >= 0.6 is 0 Å². The third kappa shape index (κ3) is 3.31. The van der Waals surface area contributed by atoms with Crippen LogP contribution in [0.1, 0.15) is 10.4 Å². The van der Waals surface area contributed by atoms with Crippen molar-refractivity contribution >= 4 is 22.6 Å². The Bertz CT molecular complexity index is 1140. The van der Waals surface area contributed by atoms with Gasteiger partial charge in [-0.2, -0.15) is 0 Å². The van der Waals surface area contributed by atoms with Gasteiger partial charge in [-0.05, 0) is 30.3 Å². The average Bonchev–Trinajstić information content (AvgIpc) is 3.34. The van der Waals surface area contributed by atoms with Gasteiger partial charge >= 0.3 is 0 Å². The van der Waals surface area contributed by atoms with Crippen molar-refractivity contribution in [1.29, 1.82) is 0 Å². The number of carbonyl (C=O) groups is 1. The van der Waals surface area contributed by atoms with E-state index in [0.29, 0.717) is 37.6 Å². The number of hydrogen-bond donors (Lipinski definition) is 0. The van der Waals surface area contributed by atoms with Crippen LogP contribution in [0.3, 0.4) is 0 Å². The minimum absolute atomic E-state index is 0.00185. The Hall–Kier alpha value is -3.74. The molecule has 5 rings (SSSR count). The van der Waals surface area contributed by atoms with Crippen molar-refractivity contribution in [3.05, 3.63) is 72.9 Å². The quantitative estimate of drug-likeness (QED) is 0.539. The van der Waals surface area contributed by atoms with E-state index in [-0.39, 0.29) is 5.91 Å². The molecule has 1 aromatic carbocycles. The highest BCUT2D eigenvalue weighted by molar-refractivity contribution is 5.94. The summed E-state index contributed by atoms with van der Waals surface area (Å²) >= 11 is 0. The Morgan fingerprint density at radius 3 is 2.59 bits per heavy atom. The molecule has 1 fully saturated rings. The number of hydrogen-bond acceptors (Lipinski definition) is 6. The number of fused-ring (bicyclic) bond motifs is 1. The second-order valence-corrected chi connectivity index (χ2v) is 6.92. The molecule has 4 aromatic rings. The number of rotatable bonds is 3. The van der Waals surface area contributed by atoms with Gasteiger partial charge in [0.1, 0.15) is 12.1 Å². The number of aromatic nitrogens is 3. The van der Waals surface area contributed by atoms with Crippen LogP contribution in [0.4, 0.5) is 5.82 Å². The molecule has 0 N–H and O–H groups in total. The summed E-state index contributed by atoms with van der Waals surface area (Å²) in [5.41, 5.74) is 2.37. The van der Waals surface area contributed by atoms with E-state index in [1.165, 1.54) is 12.5 Å². The van der Waals surface area contributed by atoms with Gasteiger partial charge in [-0.15, -0.1) is 0 Å². The van der Waals surface area contributed by atoms with Crippen molar-refractivity contribution in [2.75, 3.05) is 31.1 Å². The number of amides is 1. The van der Waals surface area contributed by atoms with Gasteiger partial charge in [-0.3, -0.25) is 9.78 Å². The third-order valence-corrected chi connectivity index (χ3v) is 5.14. The second kappa shape index (κ2) is 7.35. The number of pyridine rings is 1. The highest BCUT2D eigenvalue weighted by atomic mass is 16.3. The molecular formula is C22H19N5O2. The second-order valence-electron chi connectivity index (χ2n) is 6.92. The molecule has 4 heterocycles. The molecule has 0 saturated carbocycles. The molecule has 0 bridgehead atoms. The fraction of sp³-hybridized carbons (Fsp3) is 0.182. The Balaban J connectivity index is 1.45. The first-order valence-corrected chi connectivity index (χ1v) is 9.53. The summed E-state index contributed by atoms with van der Waals surface area (Å²) in [5.74, 6) is 1.55. The highest BCUT2D eigenvalue weighted by Crippen LogP contribution is 2.28. The predicted molar refractivity (Wildman–Crippen MR) is 110 cm³/mol. The van der Waals surface area contributed by atoms with E-state index in [2.05, 4.69) is 9.88 Å². The highest BCUT2D eigenvalue weighted by Gasteiger charge is 2.25. The molecule has 1 amide bonds. The van der Waals surface area contributed by atoms with E-state index >= 15 is 0 Å². The van der Waals surface area contributed by atoms with Gasteiger partial charge in [0.05, 0.1) is 17.3 Å². The molecule has 1 aliphatic rings. The van der Waals surface area contributed by atoms with Crippen LogP contribution in [0.25, 0.3) is 22.3 Å². The molecule has 0 unspecified atom stereocenters. The SMILES string of the molecule is O=C(c1ccoc1)N1CCN(c2nc(-c3cccnc3)nc3ccccc23)CC1. The summed E-state index contributed by atoms with van der Waals surface area (Å²) in [6.07, 6.45) is 6.53. The molecule has 1 saturated heterocycles. The molecule has 144 valence electrons. The van der Waals surface area contributed by atoms with Crippen molar-refractivity contribution in [2.24, 2.45) is 0 Å². The molecule has 0 aliphatic carbocycles. The van der Waals surface area contributed by atoms with E-state index in [1.54, 1.807) is 18.5 Å². The number of anilines is 1. The molecule has 7 nitrogen and oxygen atoms in total. The fourth-order valence-corrected chi connectivity index (χ4v) is 3.62. The summed E-state index contributed by atoms with van der Waals surface area (Å²) in [4.78, 5) is 30.4. The summed E-state index contributed by atoms with van der Waals surface area (Å²) in [7, 11) is 0. The number of para-hydroxylation sites is 1. The number of benzene rings is 1. The van der Waals surface area contributed by atoms with Crippen molar-refractivity contribution in [3.63, 3.8) is 0 Å². The van der Waals surface area contributed by atoms with Crippen molar-refractivity contribution in [1.82, 2.24) is 19.9 Å². The number of piperazine rings is 1. The molecule has 3 aromatic heterocycles. The number of furan rings is 1. The van der Waals surface area contributed by atoms with Gasteiger partial charge in [0.2, 0.25) is 0 Å². The lowest BCUT2D eigenvalue weighted by Crippen LogP contribution is -2.49. The first-order valence-electron chi connectivity index (χ1n) is 9.53. The van der Waals surface area contributed by atoms with Crippen molar-refractivity contribution < 1.29 is 9.21 Å². The van der Waals surface area contributed by atoms with Crippen LogP contribution in [0.15, 0.2) is 71.8 Å². The fourth-order valence-electron chi connectivity index (χ4n) is 3.62. The van der Waals surface area contributed by atoms with Crippen LogP contribution in [-0.4, -0.2) is 51.9 Å². The summed E-state index contributed by atoms with van der Waals surface area (Å²) in [5, 5.41) is 1.01. The van der Waals surface area contributed by atoms with Gasteiger partial charge in [-0.25, -0.2) is 9.97 Å². The summed E-state index contributed by atoms with van der Waals surface area (Å²) in [6, 6.07) is 13.6. The minimum atomic E-state index is 0.00185. The zero-order valence-corrected chi connectivity index (χ0v) is 15.7. The predicted octanol–water partition coefficient (Wildman–Crippen LogP) is 3.25. The van der Waals surface area contributed by atoms with E-state index in [1.807, 2.05) is 41.3 Å². The lowest BCUT2D eigenvalue weighted by Gasteiger charge is -2.35. The van der Waals surface area contributed by atoms with Crippen molar-refractivity contribution in [2.45, 2.75) is 0 Å². The van der Waals surface area contributed by atoms with Gasteiger partial charge in [0, 0.05) is 49.5 Å². The lowest BCUT2D eigenvalue weighted by atomic mass is 10.2. The van der Waals surface area contributed by atoms with Crippen LogP contribution in [0.5, 0.6) is 0 Å². The first kappa shape index (κ1) is 17.4. The molecule has 1 aliphatic heterocycles. The Labute approximate surface area is 167 Å². The van der Waals surface area contributed by atoms with Crippen LogP contribution in [0.2, 0.25) is 0 Å². The first-order chi connectivity index (χ1) is 14.3. The maximum Gasteiger partial charge on any atom is 0.257 e. The summed E-state index contributed by atoms with van der Waals surface area (Å²) in [6.45, 7) is 2.67. The number of carbonyl (C=O) groups excluding carboxylic acids is 1. The summed E-state index contributed by atoms with van der Waals surface area (Å²) < 4.78 is 5.04. The average molecular weight is 385 g/mol. The molecule has 0 spiro atoms. The lowest BCUT2D eigenvalue weighted by molar-refractivity contribution is 0.0746. The molecule has 0 atom stereocenters. The van der Waals surface area contributed by atoms with E-state index in [0.717, 1.165) is 22.3 Å². The molecular weight excluding hydrogens is 366 g/mol. The minimum Gasteiger partial charge on any atom is -0.472 e. The Kier molecular flexibility index (Phi) is 4.40. The van der Waals surface area contributed by atoms with Crippen molar-refractivity contribution in [3.8, 4) is 11.4 Å². The monoisotopic (exact) mass is 385 g/mol. The maximum absolute atomic E-state index is 12.6. The third-order valence-electron chi connectivity index (χ3n) is 5.14. The molecule has 0 radical (unpaired) electrons. The smallest absolute Gasteiger partial charge is 0.257 e. The Morgan fingerprint density at radius 1 is 0.966 bits per heavy atom. The van der Waals surface area contributed by atoms with E-state index in [4.69, 9.17) is 14.4 Å². The van der Waals surface area contributed by atoms with E-state index in [9.17, 15) is 4.79 Å². The maximum atomic E-state index is 12.6. The molecule has 29 heavy (non-hydrogen) atoms. The zero-order chi connectivity index (χ0) is 19.6. The normalized spacial score (nSPS) is 14.3. The Morgan fingerprint density at radius 2 is 1.83 bits per heavy atom. The van der Waals surface area contributed by atoms with Gasteiger partial charge in [0.15, 0.2) is 5.82 Å².